The van der Waals surface area contributed by atoms with E-state index in [4.69, 9.17) is 0 Å². The summed E-state index contributed by atoms with van der Waals surface area (Å²) in [6, 6.07) is 15.5. The molecule has 0 heterocycles. The van der Waals surface area contributed by atoms with Crippen molar-refractivity contribution < 1.29 is 0 Å². The summed E-state index contributed by atoms with van der Waals surface area (Å²) in [4.78, 5) is 0. The van der Waals surface area contributed by atoms with Gasteiger partial charge in [0.05, 0.1) is 0 Å². The van der Waals surface area contributed by atoms with Gasteiger partial charge < -0.3 is 5.32 Å². The van der Waals surface area contributed by atoms with E-state index in [1.165, 1.54) is 27.8 Å². The molecule has 0 amide bonds. The van der Waals surface area contributed by atoms with Crippen molar-refractivity contribution >= 4 is 0 Å². The zero-order valence-electron chi connectivity index (χ0n) is 12.2. The van der Waals surface area contributed by atoms with Crippen molar-refractivity contribution in [3.8, 4) is 11.1 Å². The van der Waals surface area contributed by atoms with Crippen molar-refractivity contribution in [2.75, 3.05) is 7.05 Å². The van der Waals surface area contributed by atoms with Crippen LogP contribution >= 0.6 is 0 Å². The van der Waals surface area contributed by atoms with Gasteiger partial charge in [0.2, 0.25) is 0 Å². The molecule has 0 atom stereocenters. The summed E-state index contributed by atoms with van der Waals surface area (Å²) >= 11 is 0. The van der Waals surface area contributed by atoms with Gasteiger partial charge in [-0.25, -0.2) is 0 Å². The van der Waals surface area contributed by atoms with E-state index in [1.54, 1.807) is 0 Å². The van der Waals surface area contributed by atoms with E-state index in [-0.39, 0.29) is 0 Å². The summed E-state index contributed by atoms with van der Waals surface area (Å²) in [5.41, 5.74) is 6.97. The molecular weight excluding hydrogens is 230 g/mol. The smallest absolute Gasteiger partial charge is 0.0208 e. The predicted molar refractivity (Wildman–Crippen MR) is 83.4 cm³/mol. The van der Waals surface area contributed by atoms with Gasteiger partial charge in [0.15, 0.2) is 0 Å². The first-order chi connectivity index (χ1) is 9.30. The van der Waals surface area contributed by atoms with Crippen molar-refractivity contribution in [3.63, 3.8) is 0 Å². The molecule has 0 aliphatic carbocycles. The second kappa shape index (κ2) is 6.53. The van der Waals surface area contributed by atoms with Gasteiger partial charge in [0.25, 0.3) is 0 Å². The first-order valence-corrected chi connectivity index (χ1v) is 7.14. The number of nitrogens with one attached hydrogen (secondary N) is 1. The predicted octanol–water partition coefficient (Wildman–Crippen LogP) is 4.20. The van der Waals surface area contributed by atoms with Crippen molar-refractivity contribution in [2.24, 2.45) is 0 Å². The van der Waals surface area contributed by atoms with E-state index >= 15 is 0 Å². The molecule has 1 N–H and O–H groups in total. The van der Waals surface area contributed by atoms with Crippen molar-refractivity contribution in [1.82, 2.24) is 5.32 Å². The largest absolute Gasteiger partial charge is 0.316 e. The van der Waals surface area contributed by atoms with Crippen molar-refractivity contribution in [1.29, 1.82) is 0 Å². The molecule has 2 rings (SSSR count). The Kier molecular flexibility index (Phi) is 4.75. The lowest BCUT2D eigenvalue weighted by molar-refractivity contribution is 0.819. The average Bonchev–Trinajstić information content (AvgIpc) is 2.47. The number of hydrogen-bond donors (Lipinski definition) is 1. The van der Waals surface area contributed by atoms with Crippen LogP contribution in [0.3, 0.4) is 0 Å². The summed E-state index contributed by atoms with van der Waals surface area (Å²) in [5, 5.41) is 3.25. The Hall–Kier alpha value is -1.60. The van der Waals surface area contributed by atoms with Crippen LogP contribution in [0.5, 0.6) is 0 Å². The van der Waals surface area contributed by atoms with Gasteiger partial charge in [-0.15, -0.1) is 0 Å². The highest BCUT2D eigenvalue weighted by Gasteiger charge is 2.06. The average molecular weight is 253 g/mol. The van der Waals surface area contributed by atoms with Gasteiger partial charge in [0.1, 0.15) is 0 Å². The minimum absolute atomic E-state index is 0.910. The molecule has 0 aliphatic rings. The standard InChI is InChI=1S/C18H23N/c1-4-14-10-11-16(12-15(14)5-2)18-9-7-6-8-17(18)13-19-3/h6-12,19H,4-5,13H2,1-3H3. The number of rotatable bonds is 5. The quantitative estimate of drug-likeness (QED) is 0.842. The minimum Gasteiger partial charge on any atom is -0.316 e. The van der Waals surface area contributed by atoms with E-state index in [9.17, 15) is 0 Å². The van der Waals surface area contributed by atoms with Gasteiger partial charge in [-0.3, -0.25) is 0 Å². The topological polar surface area (TPSA) is 12.0 Å². The molecule has 0 aliphatic heterocycles. The van der Waals surface area contributed by atoms with Crippen LogP contribution in [0.25, 0.3) is 11.1 Å². The molecular formula is C18H23N. The van der Waals surface area contributed by atoms with Crippen LogP contribution < -0.4 is 5.32 Å². The molecule has 100 valence electrons. The lowest BCUT2D eigenvalue weighted by Crippen LogP contribution is -2.06. The second-order valence-electron chi connectivity index (χ2n) is 4.88. The molecule has 2 aromatic carbocycles. The van der Waals surface area contributed by atoms with Gasteiger partial charge in [-0.05, 0) is 47.7 Å². The second-order valence-corrected chi connectivity index (χ2v) is 4.88. The maximum Gasteiger partial charge on any atom is 0.0208 e. The van der Waals surface area contributed by atoms with E-state index in [2.05, 4.69) is 61.6 Å². The third-order valence-corrected chi connectivity index (χ3v) is 3.66. The van der Waals surface area contributed by atoms with Gasteiger partial charge in [0, 0.05) is 6.54 Å². The summed E-state index contributed by atoms with van der Waals surface area (Å²) in [6.45, 7) is 5.37. The highest BCUT2D eigenvalue weighted by Crippen LogP contribution is 2.26. The maximum atomic E-state index is 3.25. The number of benzene rings is 2. The molecule has 1 heteroatoms. The lowest BCUT2D eigenvalue weighted by atomic mass is 9.94. The molecule has 0 saturated carbocycles. The fourth-order valence-corrected chi connectivity index (χ4v) is 2.61. The van der Waals surface area contributed by atoms with E-state index in [0.29, 0.717) is 0 Å². The molecule has 19 heavy (non-hydrogen) atoms. The summed E-state index contributed by atoms with van der Waals surface area (Å²) < 4.78 is 0. The van der Waals surface area contributed by atoms with Crippen LogP contribution in [0.2, 0.25) is 0 Å². The Morgan fingerprint density at radius 1 is 0.842 bits per heavy atom. The normalized spacial score (nSPS) is 10.7. The third-order valence-electron chi connectivity index (χ3n) is 3.66. The summed E-state index contributed by atoms with van der Waals surface area (Å²) in [6.07, 6.45) is 2.22. The molecule has 0 aromatic heterocycles. The Morgan fingerprint density at radius 3 is 2.26 bits per heavy atom. The summed E-state index contributed by atoms with van der Waals surface area (Å²) in [5.74, 6) is 0. The molecule has 0 spiro atoms. The Labute approximate surface area is 116 Å². The van der Waals surface area contributed by atoms with Gasteiger partial charge in [-0.2, -0.15) is 0 Å². The zero-order valence-corrected chi connectivity index (χ0v) is 12.2. The van der Waals surface area contributed by atoms with Crippen LogP contribution in [-0.2, 0) is 19.4 Å². The number of hydrogen-bond acceptors (Lipinski definition) is 1. The highest BCUT2D eigenvalue weighted by atomic mass is 14.8. The van der Waals surface area contributed by atoms with E-state index in [0.717, 1.165) is 19.4 Å². The fraction of sp³-hybridized carbons (Fsp3) is 0.333. The van der Waals surface area contributed by atoms with Crippen molar-refractivity contribution in [2.45, 2.75) is 33.2 Å². The van der Waals surface area contributed by atoms with Crippen LogP contribution in [0, 0.1) is 0 Å². The Bertz CT molecular complexity index is 543. The highest BCUT2D eigenvalue weighted by molar-refractivity contribution is 5.68. The van der Waals surface area contributed by atoms with Crippen LogP contribution in [0.4, 0.5) is 0 Å². The first-order valence-electron chi connectivity index (χ1n) is 7.14. The Balaban J connectivity index is 2.47. The molecule has 0 radical (unpaired) electrons. The molecule has 0 unspecified atom stereocenters. The number of aryl methyl sites for hydroxylation is 2. The molecule has 2 aromatic rings. The minimum atomic E-state index is 0.910. The third kappa shape index (κ3) is 3.05. The molecule has 1 nitrogen and oxygen atoms in total. The molecule has 0 bridgehead atoms. The SMILES string of the molecule is CCc1ccc(-c2ccccc2CNC)cc1CC. The summed E-state index contributed by atoms with van der Waals surface area (Å²) in [7, 11) is 1.99. The van der Waals surface area contributed by atoms with Crippen LogP contribution in [0.15, 0.2) is 42.5 Å². The van der Waals surface area contributed by atoms with E-state index in [1.807, 2.05) is 7.05 Å². The maximum absolute atomic E-state index is 3.25. The fourth-order valence-electron chi connectivity index (χ4n) is 2.61. The first kappa shape index (κ1) is 13.8. The monoisotopic (exact) mass is 253 g/mol. The van der Waals surface area contributed by atoms with E-state index < -0.39 is 0 Å². The zero-order chi connectivity index (χ0) is 13.7. The lowest BCUT2D eigenvalue weighted by Gasteiger charge is -2.12. The van der Waals surface area contributed by atoms with Crippen molar-refractivity contribution in [3.05, 3.63) is 59.2 Å². The van der Waals surface area contributed by atoms with Crippen LogP contribution in [-0.4, -0.2) is 7.05 Å². The molecule has 0 fully saturated rings. The molecule has 0 saturated heterocycles. The Morgan fingerprint density at radius 2 is 1.58 bits per heavy atom. The van der Waals surface area contributed by atoms with Gasteiger partial charge >= 0.3 is 0 Å². The van der Waals surface area contributed by atoms with Crippen LogP contribution in [0.1, 0.15) is 30.5 Å². The van der Waals surface area contributed by atoms with Gasteiger partial charge in [-0.1, -0.05) is 56.3 Å².